The van der Waals surface area contributed by atoms with Crippen LogP contribution in [-0.2, 0) is 21.0 Å². The standard InChI is InChI=1S/C25H21FN2O4S/c1-31-21-12-11-18(13-22(21)32-2)28-23(29)15-33-25(28)19-5-3-4-6-20(19)27(24(25)30)14-16-7-9-17(26)10-8-16/h3-13H,14-15H2,1-2H3/t25-/m0/s1. The van der Waals surface area contributed by atoms with E-state index >= 15 is 0 Å². The molecular weight excluding hydrogens is 443 g/mol. The molecule has 6 nitrogen and oxygen atoms in total. The largest absolute Gasteiger partial charge is 0.493 e. The molecule has 2 amide bonds. The number of hydrogen-bond acceptors (Lipinski definition) is 5. The fraction of sp³-hybridized carbons (Fsp3) is 0.200. The van der Waals surface area contributed by atoms with Gasteiger partial charge in [0.05, 0.1) is 32.2 Å². The van der Waals surface area contributed by atoms with Gasteiger partial charge in [0.1, 0.15) is 5.82 Å². The van der Waals surface area contributed by atoms with Gasteiger partial charge in [0.25, 0.3) is 5.91 Å². The highest BCUT2D eigenvalue weighted by Gasteiger charge is 2.61. The number of thioether (sulfide) groups is 1. The van der Waals surface area contributed by atoms with Crippen molar-refractivity contribution in [3.05, 3.63) is 83.7 Å². The summed E-state index contributed by atoms with van der Waals surface area (Å²) in [5.41, 5.74) is 2.83. The highest BCUT2D eigenvalue weighted by Crippen LogP contribution is 2.56. The van der Waals surface area contributed by atoms with Gasteiger partial charge < -0.3 is 14.4 Å². The lowest BCUT2D eigenvalue weighted by Gasteiger charge is -2.33. The number of amides is 2. The van der Waals surface area contributed by atoms with Crippen LogP contribution in [0.25, 0.3) is 0 Å². The predicted octanol–water partition coefficient (Wildman–Crippen LogP) is 4.32. The Hall–Kier alpha value is -3.52. The highest BCUT2D eigenvalue weighted by atomic mass is 32.2. The maximum absolute atomic E-state index is 14.0. The molecule has 8 heteroatoms. The van der Waals surface area contributed by atoms with Gasteiger partial charge in [-0.1, -0.05) is 30.3 Å². The number of carbonyl (C=O) groups excluding carboxylic acids is 2. The van der Waals surface area contributed by atoms with Crippen molar-refractivity contribution in [2.24, 2.45) is 0 Å². The number of methoxy groups -OCH3 is 2. The Bertz CT molecular complexity index is 1250. The van der Waals surface area contributed by atoms with Crippen molar-refractivity contribution >= 4 is 35.0 Å². The lowest BCUT2D eigenvalue weighted by atomic mass is 10.0. The summed E-state index contributed by atoms with van der Waals surface area (Å²) in [6.45, 7) is 0.270. The van der Waals surface area contributed by atoms with Crippen molar-refractivity contribution in [3.63, 3.8) is 0 Å². The van der Waals surface area contributed by atoms with Gasteiger partial charge in [0.2, 0.25) is 10.8 Å². The molecule has 0 radical (unpaired) electrons. The Morgan fingerprint density at radius 1 is 0.970 bits per heavy atom. The molecular formula is C25H21FN2O4S. The summed E-state index contributed by atoms with van der Waals surface area (Å²) < 4.78 is 24.2. The molecule has 0 bridgehead atoms. The molecule has 2 heterocycles. The number of nitrogens with zero attached hydrogens (tertiary/aromatic N) is 2. The van der Waals surface area contributed by atoms with Crippen LogP contribution in [0.3, 0.4) is 0 Å². The van der Waals surface area contributed by atoms with Crippen molar-refractivity contribution in [1.29, 1.82) is 0 Å². The zero-order valence-electron chi connectivity index (χ0n) is 18.1. The summed E-state index contributed by atoms with van der Waals surface area (Å²) in [4.78, 5) is 29.2. The van der Waals surface area contributed by atoms with E-state index in [4.69, 9.17) is 9.47 Å². The number of ether oxygens (including phenoxy) is 2. The third-order valence-corrected chi connectivity index (χ3v) is 7.33. The minimum atomic E-state index is -1.23. The predicted molar refractivity (Wildman–Crippen MR) is 125 cm³/mol. The van der Waals surface area contributed by atoms with Gasteiger partial charge in [-0.3, -0.25) is 14.5 Å². The van der Waals surface area contributed by atoms with Crippen molar-refractivity contribution in [2.45, 2.75) is 11.4 Å². The van der Waals surface area contributed by atoms with Crippen LogP contribution in [0.2, 0.25) is 0 Å². The van der Waals surface area contributed by atoms with E-state index in [-0.39, 0.29) is 29.9 Å². The number of rotatable bonds is 5. The van der Waals surface area contributed by atoms with Crippen molar-refractivity contribution in [1.82, 2.24) is 0 Å². The molecule has 5 rings (SSSR count). The number of benzene rings is 3. The first-order chi connectivity index (χ1) is 16.0. The maximum Gasteiger partial charge on any atom is 0.269 e. The van der Waals surface area contributed by atoms with Gasteiger partial charge in [-0.05, 0) is 35.9 Å². The average molecular weight is 465 g/mol. The molecule has 0 saturated carbocycles. The summed E-state index contributed by atoms with van der Waals surface area (Å²) in [5, 5.41) is 0. The molecule has 1 saturated heterocycles. The topological polar surface area (TPSA) is 59.1 Å². The first-order valence-electron chi connectivity index (χ1n) is 10.3. The molecule has 3 aromatic rings. The Morgan fingerprint density at radius 2 is 1.70 bits per heavy atom. The minimum absolute atomic E-state index is 0.165. The number of fused-ring (bicyclic) bond motifs is 2. The Balaban J connectivity index is 1.62. The zero-order valence-corrected chi connectivity index (χ0v) is 18.9. The van der Waals surface area contributed by atoms with E-state index in [9.17, 15) is 14.0 Å². The van der Waals surface area contributed by atoms with Gasteiger partial charge in [0, 0.05) is 17.3 Å². The van der Waals surface area contributed by atoms with Crippen LogP contribution in [0.5, 0.6) is 11.5 Å². The van der Waals surface area contributed by atoms with Gasteiger partial charge in [-0.2, -0.15) is 0 Å². The van der Waals surface area contributed by atoms with E-state index in [1.165, 1.54) is 31.0 Å². The lowest BCUT2D eigenvalue weighted by Crippen LogP contribution is -2.49. The second kappa shape index (κ2) is 8.12. The zero-order chi connectivity index (χ0) is 23.2. The molecule has 2 aliphatic heterocycles. The van der Waals surface area contributed by atoms with Crippen LogP contribution in [0.15, 0.2) is 66.7 Å². The average Bonchev–Trinajstić information content (AvgIpc) is 3.31. The molecule has 1 fully saturated rings. The van der Waals surface area contributed by atoms with Gasteiger partial charge >= 0.3 is 0 Å². The molecule has 33 heavy (non-hydrogen) atoms. The van der Waals surface area contributed by atoms with Crippen molar-refractivity contribution < 1.29 is 23.5 Å². The number of hydrogen-bond donors (Lipinski definition) is 0. The van der Waals surface area contributed by atoms with Crippen LogP contribution in [0, 0.1) is 5.82 Å². The summed E-state index contributed by atoms with van der Waals surface area (Å²) in [6.07, 6.45) is 0. The van der Waals surface area contributed by atoms with Crippen LogP contribution in [0.1, 0.15) is 11.1 Å². The summed E-state index contributed by atoms with van der Waals surface area (Å²) in [6, 6.07) is 18.8. The van der Waals surface area contributed by atoms with E-state index < -0.39 is 4.87 Å². The molecule has 3 aromatic carbocycles. The summed E-state index contributed by atoms with van der Waals surface area (Å²) >= 11 is 1.31. The third kappa shape index (κ3) is 3.24. The number of anilines is 2. The second-order valence-electron chi connectivity index (χ2n) is 7.74. The van der Waals surface area contributed by atoms with Crippen LogP contribution in [-0.4, -0.2) is 31.8 Å². The smallest absolute Gasteiger partial charge is 0.269 e. The van der Waals surface area contributed by atoms with E-state index in [0.717, 1.165) is 16.8 Å². The molecule has 168 valence electrons. The van der Waals surface area contributed by atoms with Crippen LogP contribution >= 0.6 is 11.8 Å². The fourth-order valence-electron chi connectivity index (χ4n) is 4.45. The Kier molecular flexibility index (Phi) is 5.25. The quantitative estimate of drug-likeness (QED) is 0.563. The van der Waals surface area contributed by atoms with Gasteiger partial charge in [-0.15, -0.1) is 11.8 Å². The molecule has 0 aromatic heterocycles. The maximum atomic E-state index is 14.0. The monoisotopic (exact) mass is 464 g/mol. The first kappa shape index (κ1) is 21.3. The number of para-hydroxylation sites is 1. The lowest BCUT2D eigenvalue weighted by molar-refractivity contribution is -0.123. The third-order valence-electron chi connectivity index (χ3n) is 5.94. The molecule has 0 aliphatic carbocycles. The minimum Gasteiger partial charge on any atom is -0.493 e. The first-order valence-corrected chi connectivity index (χ1v) is 11.3. The molecule has 0 N–H and O–H groups in total. The Labute approximate surface area is 194 Å². The fourth-order valence-corrected chi connectivity index (χ4v) is 5.81. The number of carbonyl (C=O) groups is 2. The molecule has 1 spiro atoms. The van der Waals surface area contributed by atoms with Crippen LogP contribution < -0.4 is 19.3 Å². The van der Waals surface area contributed by atoms with Crippen molar-refractivity contribution in [3.8, 4) is 11.5 Å². The van der Waals surface area contributed by atoms with E-state index in [0.29, 0.717) is 17.2 Å². The van der Waals surface area contributed by atoms with Gasteiger partial charge in [0.15, 0.2) is 11.5 Å². The van der Waals surface area contributed by atoms with Crippen LogP contribution in [0.4, 0.5) is 15.8 Å². The van der Waals surface area contributed by atoms with E-state index in [1.807, 2.05) is 24.3 Å². The van der Waals surface area contributed by atoms with E-state index in [2.05, 4.69) is 0 Å². The highest BCUT2D eigenvalue weighted by molar-refractivity contribution is 8.02. The molecule has 0 unspecified atom stereocenters. The summed E-state index contributed by atoms with van der Waals surface area (Å²) in [7, 11) is 3.07. The normalized spacial score (nSPS) is 19.4. The molecule has 1 atom stereocenters. The second-order valence-corrected chi connectivity index (χ2v) is 8.90. The SMILES string of the molecule is COc1ccc(N2C(=O)CS[C@@]23C(=O)N(Cc2ccc(F)cc2)c2ccccc23)cc1OC. The summed E-state index contributed by atoms with van der Waals surface area (Å²) in [5.74, 6) is 0.457. The number of halogens is 1. The Morgan fingerprint density at radius 3 is 2.42 bits per heavy atom. The van der Waals surface area contributed by atoms with Crippen molar-refractivity contribution in [2.75, 3.05) is 29.8 Å². The molecule has 2 aliphatic rings. The van der Waals surface area contributed by atoms with E-state index in [1.54, 1.807) is 47.2 Å². The van der Waals surface area contributed by atoms with Gasteiger partial charge in [-0.25, -0.2) is 4.39 Å².